The molecule has 164 valence electrons. The van der Waals surface area contributed by atoms with Gasteiger partial charge in [-0.15, -0.1) is 0 Å². The molecule has 1 N–H and O–H groups in total. The highest BCUT2D eigenvalue weighted by Gasteiger charge is 2.47. The molecule has 2 unspecified atom stereocenters. The Balaban J connectivity index is 1.89. The molecule has 0 radical (unpaired) electrons. The summed E-state index contributed by atoms with van der Waals surface area (Å²) in [7, 11) is 1.67. The Morgan fingerprint density at radius 2 is 1.74 bits per heavy atom. The second-order valence-corrected chi connectivity index (χ2v) is 7.38. The zero-order chi connectivity index (χ0) is 22.5. The number of carbonyl (C=O) groups excluding carboxylic acids is 3. The van der Waals surface area contributed by atoms with Crippen LogP contribution >= 0.6 is 0 Å². The van der Waals surface area contributed by atoms with Crippen molar-refractivity contribution < 1.29 is 23.5 Å². The van der Waals surface area contributed by atoms with Crippen molar-refractivity contribution in [2.24, 2.45) is 0 Å². The summed E-state index contributed by atoms with van der Waals surface area (Å²) in [6, 6.07) is 11.8. The second-order valence-electron chi connectivity index (χ2n) is 7.38. The number of halogens is 1. The number of likely N-dealkylation sites (N-methyl/N-ethyl adjacent to an activating group) is 1. The van der Waals surface area contributed by atoms with Crippen molar-refractivity contribution in [1.29, 1.82) is 0 Å². The van der Waals surface area contributed by atoms with E-state index in [1.165, 1.54) is 21.9 Å². The van der Waals surface area contributed by atoms with Crippen LogP contribution in [0.2, 0.25) is 0 Å². The third-order valence-electron chi connectivity index (χ3n) is 5.30. The molecule has 7 nitrogen and oxygen atoms in total. The molecule has 8 heteroatoms. The van der Waals surface area contributed by atoms with Gasteiger partial charge >= 0.3 is 6.09 Å². The van der Waals surface area contributed by atoms with Gasteiger partial charge in [-0.3, -0.25) is 14.5 Å². The van der Waals surface area contributed by atoms with Crippen molar-refractivity contribution in [2.75, 3.05) is 18.9 Å². The molecule has 1 aliphatic rings. The SMILES string of the molecule is CCC(=O)Nc1ccc(C2OC(=O)N(Cc3ccc(F)cc3)C2C(=O)N(C)CC)cc1. The lowest BCUT2D eigenvalue weighted by Crippen LogP contribution is -2.46. The highest BCUT2D eigenvalue weighted by Crippen LogP contribution is 2.35. The standard InChI is InChI=1S/C23H26FN3O4/c1-4-19(28)25-18-12-8-16(9-13-18)21-20(22(29)26(3)5-2)27(23(30)31-21)14-15-6-10-17(24)11-7-15/h6-13,20-21H,4-5,14H2,1-3H3,(H,25,28). The Bertz CT molecular complexity index is 946. The topological polar surface area (TPSA) is 79.0 Å². The lowest BCUT2D eigenvalue weighted by molar-refractivity contribution is -0.135. The average molecular weight is 427 g/mol. The van der Waals surface area contributed by atoms with Gasteiger partial charge in [0.15, 0.2) is 12.1 Å². The zero-order valence-electron chi connectivity index (χ0n) is 17.8. The molecule has 0 bridgehead atoms. The normalized spacial score (nSPS) is 17.9. The molecule has 2 atom stereocenters. The van der Waals surface area contributed by atoms with E-state index in [2.05, 4.69) is 5.32 Å². The summed E-state index contributed by atoms with van der Waals surface area (Å²) in [6.45, 7) is 4.20. The fraction of sp³-hybridized carbons (Fsp3) is 0.348. The number of ether oxygens (including phenoxy) is 1. The van der Waals surface area contributed by atoms with Crippen LogP contribution in [0.25, 0.3) is 0 Å². The highest BCUT2D eigenvalue weighted by molar-refractivity contribution is 5.91. The van der Waals surface area contributed by atoms with Crippen molar-refractivity contribution in [1.82, 2.24) is 9.80 Å². The van der Waals surface area contributed by atoms with Gasteiger partial charge < -0.3 is 15.0 Å². The number of hydrogen-bond acceptors (Lipinski definition) is 4. The summed E-state index contributed by atoms with van der Waals surface area (Å²) in [5, 5.41) is 2.76. The molecule has 1 fully saturated rings. The maximum Gasteiger partial charge on any atom is 0.411 e. The maximum atomic E-state index is 13.3. The van der Waals surface area contributed by atoms with Crippen LogP contribution in [0.1, 0.15) is 37.5 Å². The van der Waals surface area contributed by atoms with Crippen LogP contribution in [0.5, 0.6) is 0 Å². The van der Waals surface area contributed by atoms with Gasteiger partial charge in [-0.2, -0.15) is 0 Å². The Morgan fingerprint density at radius 1 is 1.10 bits per heavy atom. The highest BCUT2D eigenvalue weighted by atomic mass is 19.1. The molecular weight excluding hydrogens is 401 g/mol. The second kappa shape index (κ2) is 9.59. The van der Waals surface area contributed by atoms with Crippen LogP contribution < -0.4 is 5.32 Å². The number of amides is 3. The molecule has 3 amide bonds. The Morgan fingerprint density at radius 3 is 2.32 bits per heavy atom. The molecule has 0 spiro atoms. The predicted molar refractivity (Wildman–Crippen MR) is 114 cm³/mol. The van der Waals surface area contributed by atoms with Crippen molar-refractivity contribution in [3.63, 3.8) is 0 Å². The van der Waals surface area contributed by atoms with E-state index in [4.69, 9.17) is 4.74 Å². The van der Waals surface area contributed by atoms with E-state index in [0.717, 1.165) is 0 Å². The minimum Gasteiger partial charge on any atom is -0.438 e. The van der Waals surface area contributed by atoms with Gasteiger partial charge in [-0.1, -0.05) is 31.2 Å². The first-order valence-corrected chi connectivity index (χ1v) is 10.2. The first-order chi connectivity index (χ1) is 14.8. The Labute approximate surface area is 180 Å². The summed E-state index contributed by atoms with van der Waals surface area (Å²) < 4.78 is 18.9. The molecule has 1 saturated heterocycles. The number of benzene rings is 2. The lowest BCUT2D eigenvalue weighted by Gasteiger charge is -2.28. The van der Waals surface area contributed by atoms with Gasteiger partial charge in [-0.25, -0.2) is 9.18 Å². The number of nitrogens with one attached hydrogen (secondary N) is 1. The molecule has 2 aromatic rings. The molecule has 0 aliphatic carbocycles. The van der Waals surface area contributed by atoms with E-state index in [1.807, 2.05) is 6.92 Å². The van der Waals surface area contributed by atoms with Crippen LogP contribution in [0.3, 0.4) is 0 Å². The van der Waals surface area contributed by atoms with E-state index in [1.54, 1.807) is 50.4 Å². The molecule has 2 aromatic carbocycles. The van der Waals surface area contributed by atoms with Gasteiger partial charge in [0.1, 0.15) is 5.82 Å². The summed E-state index contributed by atoms with van der Waals surface area (Å²) in [4.78, 5) is 40.4. The molecule has 0 aromatic heterocycles. The van der Waals surface area contributed by atoms with Gasteiger partial charge in [-0.05, 0) is 42.3 Å². The van der Waals surface area contributed by atoms with Crippen LogP contribution in [-0.2, 0) is 20.9 Å². The number of hydrogen-bond donors (Lipinski definition) is 1. The number of anilines is 1. The Hall–Kier alpha value is -3.42. The van der Waals surface area contributed by atoms with Crippen LogP contribution in [-0.4, -0.2) is 47.3 Å². The largest absolute Gasteiger partial charge is 0.438 e. The first-order valence-electron chi connectivity index (χ1n) is 10.2. The van der Waals surface area contributed by atoms with Gasteiger partial charge in [0.25, 0.3) is 0 Å². The minimum atomic E-state index is -0.862. The van der Waals surface area contributed by atoms with Gasteiger partial charge in [0.2, 0.25) is 11.8 Å². The fourth-order valence-electron chi connectivity index (χ4n) is 3.37. The molecule has 1 aliphatic heterocycles. The summed E-state index contributed by atoms with van der Waals surface area (Å²) in [5.41, 5.74) is 1.96. The fourth-order valence-corrected chi connectivity index (χ4v) is 3.37. The molecule has 0 saturated carbocycles. The first kappa shape index (κ1) is 22.3. The molecule has 31 heavy (non-hydrogen) atoms. The molecule has 1 heterocycles. The van der Waals surface area contributed by atoms with Crippen LogP contribution in [0.4, 0.5) is 14.9 Å². The van der Waals surface area contributed by atoms with Gasteiger partial charge in [0.05, 0.1) is 6.54 Å². The van der Waals surface area contributed by atoms with E-state index in [9.17, 15) is 18.8 Å². The summed E-state index contributed by atoms with van der Waals surface area (Å²) in [6.07, 6.45) is -1.05. The van der Waals surface area contributed by atoms with Crippen LogP contribution in [0.15, 0.2) is 48.5 Å². The maximum absolute atomic E-state index is 13.3. The molecule has 3 rings (SSSR count). The van der Waals surface area contributed by atoms with Gasteiger partial charge in [0, 0.05) is 25.7 Å². The predicted octanol–water partition coefficient (Wildman–Crippen LogP) is 3.71. The van der Waals surface area contributed by atoms with Crippen molar-refractivity contribution in [3.8, 4) is 0 Å². The number of cyclic esters (lactones) is 1. The number of nitrogens with zero attached hydrogens (tertiary/aromatic N) is 2. The smallest absolute Gasteiger partial charge is 0.411 e. The third-order valence-corrected chi connectivity index (χ3v) is 5.30. The lowest BCUT2D eigenvalue weighted by atomic mass is 10.00. The minimum absolute atomic E-state index is 0.108. The summed E-state index contributed by atoms with van der Waals surface area (Å²) in [5.74, 6) is -0.730. The van der Waals surface area contributed by atoms with Crippen molar-refractivity contribution >= 4 is 23.6 Å². The van der Waals surface area contributed by atoms with Crippen LogP contribution in [0, 0.1) is 5.82 Å². The quantitative estimate of drug-likeness (QED) is 0.731. The Kier molecular flexibility index (Phi) is 6.89. The average Bonchev–Trinajstić information content (AvgIpc) is 3.10. The van der Waals surface area contributed by atoms with E-state index in [0.29, 0.717) is 29.8 Å². The molecular formula is C23H26FN3O4. The zero-order valence-corrected chi connectivity index (χ0v) is 17.8. The number of rotatable bonds is 7. The van der Waals surface area contributed by atoms with E-state index in [-0.39, 0.29) is 24.2 Å². The monoisotopic (exact) mass is 427 g/mol. The third kappa shape index (κ3) is 5.02. The summed E-state index contributed by atoms with van der Waals surface area (Å²) >= 11 is 0. The van der Waals surface area contributed by atoms with Crippen molar-refractivity contribution in [2.45, 2.75) is 39.0 Å². The van der Waals surface area contributed by atoms with E-state index < -0.39 is 18.2 Å². The van der Waals surface area contributed by atoms with Crippen molar-refractivity contribution in [3.05, 3.63) is 65.5 Å². The van der Waals surface area contributed by atoms with E-state index >= 15 is 0 Å². The number of carbonyl (C=O) groups is 3.